The van der Waals surface area contributed by atoms with E-state index in [-0.39, 0.29) is 40.8 Å². The highest BCUT2D eigenvalue weighted by atomic mass is 16.5. The summed E-state index contributed by atoms with van der Waals surface area (Å²) in [5.41, 5.74) is 4.24. The van der Waals surface area contributed by atoms with Crippen LogP contribution in [0, 0.1) is 0 Å². The maximum absolute atomic E-state index is 12.5. The molecule has 2 aromatic carbocycles. The molecule has 2 aromatic rings. The Morgan fingerprint density at radius 3 is 2.57 bits per heavy atom. The predicted octanol–water partition coefficient (Wildman–Crippen LogP) is 5.75. The van der Waals surface area contributed by atoms with Crippen LogP contribution in [-0.2, 0) is 6.42 Å². The second-order valence-electron chi connectivity index (χ2n) is 8.04. The van der Waals surface area contributed by atoms with Gasteiger partial charge in [0.2, 0.25) is 0 Å². The summed E-state index contributed by atoms with van der Waals surface area (Å²) in [7, 11) is 0. The van der Waals surface area contributed by atoms with Gasteiger partial charge in [0, 0.05) is 6.07 Å². The fourth-order valence-corrected chi connectivity index (χ4v) is 3.52. The molecule has 0 aliphatic carbocycles. The van der Waals surface area contributed by atoms with Crippen molar-refractivity contribution in [2.75, 3.05) is 0 Å². The van der Waals surface area contributed by atoms with Gasteiger partial charge < -0.3 is 20.1 Å². The predicted molar refractivity (Wildman–Crippen MR) is 116 cm³/mol. The van der Waals surface area contributed by atoms with E-state index in [4.69, 9.17) is 4.74 Å². The Morgan fingerprint density at radius 2 is 1.83 bits per heavy atom. The van der Waals surface area contributed by atoms with E-state index in [0.717, 1.165) is 30.0 Å². The topological polar surface area (TPSA) is 87.0 Å². The molecular weight excluding hydrogens is 380 g/mol. The minimum Gasteiger partial charge on any atom is -0.508 e. The molecule has 0 saturated heterocycles. The molecule has 0 saturated carbocycles. The molecule has 30 heavy (non-hydrogen) atoms. The highest BCUT2D eigenvalue weighted by molar-refractivity contribution is 6.01. The van der Waals surface area contributed by atoms with Crippen molar-refractivity contribution in [3.8, 4) is 23.0 Å². The van der Waals surface area contributed by atoms with Crippen LogP contribution in [0.3, 0.4) is 0 Å². The molecular formula is C25H28O5. The number of Topliss-reactive ketones (excluding diaryl/α,β-unsaturated/α-hetero) is 1. The molecule has 0 aromatic heterocycles. The Morgan fingerprint density at radius 1 is 1.07 bits per heavy atom. The number of carbonyl (C=O) groups excluding carboxylic acids is 1. The maximum atomic E-state index is 12.5. The molecule has 3 N–H and O–H groups in total. The van der Waals surface area contributed by atoms with Crippen molar-refractivity contribution in [1.82, 2.24) is 0 Å². The highest BCUT2D eigenvalue weighted by Crippen LogP contribution is 2.43. The Hall–Kier alpha value is -3.21. The minimum absolute atomic E-state index is 0.0821. The van der Waals surface area contributed by atoms with Gasteiger partial charge in [-0.2, -0.15) is 0 Å². The number of ketones is 1. The van der Waals surface area contributed by atoms with Crippen molar-refractivity contribution in [2.45, 2.75) is 52.6 Å². The Labute approximate surface area is 177 Å². The van der Waals surface area contributed by atoms with Gasteiger partial charge in [-0.1, -0.05) is 29.4 Å². The van der Waals surface area contributed by atoms with Crippen LogP contribution >= 0.6 is 0 Å². The van der Waals surface area contributed by atoms with Crippen molar-refractivity contribution in [3.63, 3.8) is 0 Å². The van der Waals surface area contributed by atoms with Gasteiger partial charge in [0.25, 0.3) is 0 Å². The molecule has 0 bridgehead atoms. The monoisotopic (exact) mass is 408 g/mol. The summed E-state index contributed by atoms with van der Waals surface area (Å²) in [5, 5.41) is 30.0. The van der Waals surface area contributed by atoms with Crippen LogP contribution < -0.4 is 4.74 Å². The van der Waals surface area contributed by atoms with E-state index in [9.17, 15) is 20.1 Å². The summed E-state index contributed by atoms with van der Waals surface area (Å²) in [6, 6.07) is 7.63. The first-order chi connectivity index (χ1) is 14.2. The Balaban J connectivity index is 1.78. The smallest absolute Gasteiger partial charge is 0.172 e. The largest absolute Gasteiger partial charge is 0.508 e. The molecule has 3 rings (SSSR count). The zero-order valence-electron chi connectivity index (χ0n) is 17.6. The molecule has 1 heterocycles. The van der Waals surface area contributed by atoms with Gasteiger partial charge in [-0.05, 0) is 69.4 Å². The summed E-state index contributed by atoms with van der Waals surface area (Å²) < 4.78 is 5.88. The van der Waals surface area contributed by atoms with Crippen molar-refractivity contribution in [3.05, 3.63) is 70.3 Å². The number of phenolic OH excluding ortho intramolecular Hbond substituents is 3. The van der Waals surface area contributed by atoms with E-state index in [2.05, 4.69) is 32.9 Å². The molecule has 1 aliphatic heterocycles. The Bertz CT molecular complexity index is 1010. The standard InChI is InChI=1S/C25H28O5/c1-15(2)5-4-6-16(3)7-8-17-11-18(9-10-21(17)27)24-14-22(28)20-12-19(26)13-23(29)25(20)30-24/h5,7,9-13,24,26-27,29H,4,6,8,14H2,1-3H3/b16-7+/t24-/m1/s1. The van der Waals surface area contributed by atoms with E-state index in [1.165, 1.54) is 17.2 Å². The number of hydrogen-bond acceptors (Lipinski definition) is 5. The summed E-state index contributed by atoms with van der Waals surface area (Å²) in [6.45, 7) is 6.25. The lowest BCUT2D eigenvalue weighted by atomic mass is 9.94. The van der Waals surface area contributed by atoms with Crippen molar-refractivity contribution < 1.29 is 24.9 Å². The van der Waals surface area contributed by atoms with Gasteiger partial charge >= 0.3 is 0 Å². The number of rotatable bonds is 6. The number of hydrogen-bond donors (Lipinski definition) is 3. The van der Waals surface area contributed by atoms with Gasteiger partial charge in [0.15, 0.2) is 17.3 Å². The second-order valence-corrected chi connectivity index (χ2v) is 8.04. The summed E-state index contributed by atoms with van der Waals surface area (Å²) in [4.78, 5) is 12.5. The normalized spacial score (nSPS) is 16.0. The highest BCUT2D eigenvalue weighted by Gasteiger charge is 2.30. The van der Waals surface area contributed by atoms with Crippen LogP contribution in [0.4, 0.5) is 0 Å². The summed E-state index contributed by atoms with van der Waals surface area (Å²) >= 11 is 0. The van der Waals surface area contributed by atoms with Crippen LogP contribution in [0.2, 0.25) is 0 Å². The molecule has 5 nitrogen and oxygen atoms in total. The van der Waals surface area contributed by atoms with Gasteiger partial charge in [0.05, 0.1) is 12.0 Å². The van der Waals surface area contributed by atoms with Crippen LogP contribution in [0.1, 0.15) is 67.6 Å². The first-order valence-corrected chi connectivity index (χ1v) is 10.1. The van der Waals surface area contributed by atoms with E-state index < -0.39 is 6.10 Å². The first kappa shape index (κ1) is 21.5. The fourth-order valence-electron chi connectivity index (χ4n) is 3.52. The van der Waals surface area contributed by atoms with Crippen molar-refractivity contribution in [1.29, 1.82) is 0 Å². The number of carbonyl (C=O) groups is 1. The van der Waals surface area contributed by atoms with Gasteiger partial charge in [-0.25, -0.2) is 0 Å². The number of ether oxygens (including phenoxy) is 1. The van der Waals surface area contributed by atoms with Gasteiger partial charge in [0.1, 0.15) is 17.6 Å². The number of allylic oxidation sites excluding steroid dienone is 4. The molecule has 1 aliphatic rings. The minimum atomic E-state index is -0.567. The maximum Gasteiger partial charge on any atom is 0.172 e. The second kappa shape index (κ2) is 9.08. The van der Waals surface area contributed by atoms with Crippen molar-refractivity contribution >= 4 is 5.78 Å². The molecule has 158 valence electrons. The van der Waals surface area contributed by atoms with E-state index in [1.807, 2.05) is 6.07 Å². The third kappa shape index (κ3) is 5.03. The van der Waals surface area contributed by atoms with Crippen LogP contribution in [0.5, 0.6) is 23.0 Å². The quantitative estimate of drug-likeness (QED) is 0.530. The third-order valence-electron chi connectivity index (χ3n) is 5.22. The molecule has 1 atom stereocenters. The van der Waals surface area contributed by atoms with Gasteiger partial charge in [-0.15, -0.1) is 0 Å². The zero-order valence-corrected chi connectivity index (χ0v) is 17.6. The van der Waals surface area contributed by atoms with Crippen LogP contribution in [0.25, 0.3) is 0 Å². The molecule has 0 amide bonds. The first-order valence-electron chi connectivity index (χ1n) is 10.1. The van der Waals surface area contributed by atoms with Crippen molar-refractivity contribution in [2.24, 2.45) is 0 Å². The van der Waals surface area contributed by atoms with Gasteiger partial charge in [-0.3, -0.25) is 4.79 Å². The lowest BCUT2D eigenvalue weighted by Gasteiger charge is -2.26. The number of phenols is 3. The molecule has 5 heteroatoms. The number of benzene rings is 2. The van der Waals surface area contributed by atoms with Crippen LogP contribution in [-0.4, -0.2) is 21.1 Å². The zero-order chi connectivity index (χ0) is 21.8. The van der Waals surface area contributed by atoms with Crippen LogP contribution in [0.15, 0.2) is 53.6 Å². The average molecular weight is 408 g/mol. The molecule has 0 spiro atoms. The SMILES string of the molecule is CC(C)=CCC/C(C)=C/Cc1cc([C@H]2CC(=O)c3cc(O)cc(O)c3O2)ccc1O. The molecule has 0 unspecified atom stereocenters. The van der Waals surface area contributed by atoms with E-state index >= 15 is 0 Å². The molecule has 0 fully saturated rings. The van der Waals surface area contributed by atoms with E-state index in [1.54, 1.807) is 12.1 Å². The average Bonchev–Trinajstić information content (AvgIpc) is 2.67. The fraction of sp³-hybridized carbons (Fsp3) is 0.320. The summed E-state index contributed by atoms with van der Waals surface area (Å²) in [5.74, 6) is -0.379. The number of aromatic hydroxyl groups is 3. The lowest BCUT2D eigenvalue weighted by Crippen LogP contribution is -2.20. The number of fused-ring (bicyclic) bond motifs is 1. The Kier molecular flexibility index (Phi) is 6.50. The third-order valence-corrected chi connectivity index (χ3v) is 5.22. The summed E-state index contributed by atoms with van der Waals surface area (Å²) in [6.07, 6.45) is 6.38. The molecule has 0 radical (unpaired) electrons. The van der Waals surface area contributed by atoms with E-state index in [0.29, 0.717) is 6.42 Å². The lowest BCUT2D eigenvalue weighted by molar-refractivity contribution is 0.0841.